The van der Waals surface area contributed by atoms with Crippen molar-refractivity contribution in [3.8, 4) is 0 Å². The Morgan fingerprint density at radius 2 is 2.43 bits per heavy atom. The van der Waals surface area contributed by atoms with Crippen molar-refractivity contribution in [2.75, 3.05) is 6.61 Å². The lowest BCUT2D eigenvalue weighted by Crippen LogP contribution is -2.11. The molecule has 1 aromatic rings. The van der Waals surface area contributed by atoms with Gasteiger partial charge in [0.05, 0.1) is 12.2 Å². The molecule has 1 fully saturated rings. The van der Waals surface area contributed by atoms with Crippen LogP contribution in [0.4, 0.5) is 0 Å². The summed E-state index contributed by atoms with van der Waals surface area (Å²) in [7, 11) is 0. The first-order valence-electron chi connectivity index (χ1n) is 5.10. The fraction of sp³-hybridized carbons (Fsp3) is 0.700. The van der Waals surface area contributed by atoms with Gasteiger partial charge in [-0.2, -0.15) is 0 Å². The van der Waals surface area contributed by atoms with E-state index in [1.54, 1.807) is 6.20 Å². The maximum Gasteiger partial charge on any atom is 0.223 e. The van der Waals surface area contributed by atoms with Gasteiger partial charge in [-0.15, -0.1) is 0 Å². The van der Waals surface area contributed by atoms with E-state index in [0.717, 1.165) is 25.2 Å². The predicted molar refractivity (Wildman–Crippen MR) is 51.6 cm³/mol. The summed E-state index contributed by atoms with van der Waals surface area (Å²) in [5.41, 5.74) is 5.68. The number of ether oxygens (including phenoxy) is 1. The second-order valence-electron chi connectivity index (χ2n) is 3.74. The van der Waals surface area contributed by atoms with Crippen molar-refractivity contribution in [3.05, 3.63) is 17.8 Å². The summed E-state index contributed by atoms with van der Waals surface area (Å²) in [6.07, 6.45) is 5.05. The number of nitrogens with two attached hydrogens (primary N) is 1. The maximum atomic E-state index is 5.68. The van der Waals surface area contributed by atoms with Gasteiger partial charge >= 0.3 is 0 Å². The molecule has 78 valence electrons. The SMILES string of the molecule is CC(N)c1cnc(C2CCCCO2)o1. The van der Waals surface area contributed by atoms with E-state index in [1.807, 2.05) is 6.92 Å². The number of aromatic nitrogens is 1. The molecule has 0 aromatic carbocycles. The second kappa shape index (κ2) is 4.11. The highest BCUT2D eigenvalue weighted by Gasteiger charge is 2.21. The van der Waals surface area contributed by atoms with Crippen molar-refractivity contribution in [1.82, 2.24) is 4.98 Å². The van der Waals surface area contributed by atoms with Crippen LogP contribution in [0.2, 0.25) is 0 Å². The van der Waals surface area contributed by atoms with Crippen molar-refractivity contribution < 1.29 is 9.15 Å². The Labute approximate surface area is 83.4 Å². The van der Waals surface area contributed by atoms with Crippen molar-refractivity contribution >= 4 is 0 Å². The Morgan fingerprint density at radius 3 is 3.00 bits per heavy atom. The monoisotopic (exact) mass is 196 g/mol. The van der Waals surface area contributed by atoms with Gasteiger partial charge in [-0.05, 0) is 26.2 Å². The highest BCUT2D eigenvalue weighted by Crippen LogP contribution is 2.28. The molecular weight excluding hydrogens is 180 g/mol. The minimum atomic E-state index is -0.0974. The van der Waals surface area contributed by atoms with Gasteiger partial charge in [-0.1, -0.05) is 0 Å². The molecule has 4 nitrogen and oxygen atoms in total. The van der Waals surface area contributed by atoms with E-state index in [0.29, 0.717) is 5.89 Å². The molecule has 1 saturated heterocycles. The zero-order chi connectivity index (χ0) is 9.97. The molecule has 2 unspecified atom stereocenters. The number of hydrogen-bond acceptors (Lipinski definition) is 4. The van der Waals surface area contributed by atoms with Crippen LogP contribution in [-0.2, 0) is 4.74 Å². The average Bonchev–Trinajstić information content (AvgIpc) is 2.68. The molecule has 2 N–H and O–H groups in total. The molecular formula is C10H16N2O2. The van der Waals surface area contributed by atoms with Gasteiger partial charge in [-0.3, -0.25) is 0 Å². The van der Waals surface area contributed by atoms with Crippen molar-refractivity contribution in [2.45, 2.75) is 38.3 Å². The third kappa shape index (κ3) is 1.96. The molecule has 0 radical (unpaired) electrons. The van der Waals surface area contributed by atoms with E-state index >= 15 is 0 Å². The lowest BCUT2D eigenvalue weighted by molar-refractivity contribution is -0.00218. The second-order valence-corrected chi connectivity index (χ2v) is 3.74. The van der Waals surface area contributed by atoms with Gasteiger partial charge in [0.2, 0.25) is 5.89 Å². The third-order valence-electron chi connectivity index (χ3n) is 2.45. The summed E-state index contributed by atoms with van der Waals surface area (Å²) in [6.45, 7) is 2.69. The molecule has 0 aliphatic carbocycles. The van der Waals surface area contributed by atoms with Crippen LogP contribution in [-0.4, -0.2) is 11.6 Å². The Kier molecular flexibility index (Phi) is 2.84. The normalized spacial score (nSPS) is 24.9. The zero-order valence-corrected chi connectivity index (χ0v) is 8.40. The smallest absolute Gasteiger partial charge is 0.223 e. The third-order valence-corrected chi connectivity index (χ3v) is 2.45. The summed E-state index contributed by atoms with van der Waals surface area (Å²) in [4.78, 5) is 4.19. The average molecular weight is 196 g/mol. The first-order chi connectivity index (χ1) is 6.77. The van der Waals surface area contributed by atoms with E-state index < -0.39 is 0 Å². The summed E-state index contributed by atoms with van der Waals surface area (Å²) >= 11 is 0. The fourth-order valence-electron chi connectivity index (χ4n) is 1.60. The van der Waals surface area contributed by atoms with Crippen LogP contribution in [0.3, 0.4) is 0 Å². The van der Waals surface area contributed by atoms with Gasteiger partial charge in [0.25, 0.3) is 0 Å². The van der Waals surface area contributed by atoms with Gasteiger partial charge in [-0.25, -0.2) is 4.98 Å². The van der Waals surface area contributed by atoms with E-state index in [2.05, 4.69) is 4.98 Å². The van der Waals surface area contributed by atoms with Crippen LogP contribution in [0.15, 0.2) is 10.6 Å². The van der Waals surface area contributed by atoms with Gasteiger partial charge < -0.3 is 14.9 Å². The molecule has 1 aliphatic heterocycles. The van der Waals surface area contributed by atoms with Gasteiger partial charge in [0.15, 0.2) is 0 Å². The van der Waals surface area contributed by atoms with Crippen LogP contribution in [0.1, 0.15) is 50.0 Å². The molecule has 1 aromatic heterocycles. The van der Waals surface area contributed by atoms with Crippen LogP contribution in [0, 0.1) is 0 Å². The molecule has 2 rings (SSSR count). The first-order valence-corrected chi connectivity index (χ1v) is 5.10. The molecule has 0 saturated carbocycles. The quantitative estimate of drug-likeness (QED) is 0.785. The number of oxazole rings is 1. The van der Waals surface area contributed by atoms with Gasteiger partial charge in [0, 0.05) is 6.61 Å². The molecule has 0 bridgehead atoms. The molecule has 4 heteroatoms. The Bertz CT molecular complexity index is 290. The zero-order valence-electron chi connectivity index (χ0n) is 8.40. The van der Waals surface area contributed by atoms with Crippen molar-refractivity contribution in [1.29, 1.82) is 0 Å². The summed E-state index contributed by atoms with van der Waals surface area (Å²) in [6, 6.07) is -0.0974. The van der Waals surface area contributed by atoms with Crippen molar-refractivity contribution in [3.63, 3.8) is 0 Å². The number of nitrogens with zero attached hydrogens (tertiary/aromatic N) is 1. The number of hydrogen-bond donors (Lipinski definition) is 1. The van der Waals surface area contributed by atoms with Crippen LogP contribution >= 0.6 is 0 Å². The standard InChI is InChI=1S/C10H16N2O2/c1-7(11)9-6-12-10(14-9)8-4-2-3-5-13-8/h6-8H,2-5,11H2,1H3. The Balaban J connectivity index is 2.07. The molecule has 2 heterocycles. The molecule has 0 amide bonds. The highest BCUT2D eigenvalue weighted by atomic mass is 16.5. The van der Waals surface area contributed by atoms with Crippen molar-refractivity contribution in [2.24, 2.45) is 5.73 Å². The first kappa shape index (κ1) is 9.68. The highest BCUT2D eigenvalue weighted by molar-refractivity contribution is 5.00. The topological polar surface area (TPSA) is 61.3 Å². The predicted octanol–water partition coefficient (Wildman–Crippen LogP) is 1.94. The molecule has 1 aliphatic rings. The van der Waals surface area contributed by atoms with E-state index in [1.165, 1.54) is 6.42 Å². The summed E-state index contributed by atoms with van der Waals surface area (Å²) in [5.74, 6) is 1.41. The maximum absolute atomic E-state index is 5.68. The lowest BCUT2D eigenvalue weighted by atomic mass is 10.1. The summed E-state index contributed by atoms with van der Waals surface area (Å²) < 4.78 is 11.1. The fourth-order valence-corrected chi connectivity index (χ4v) is 1.60. The van der Waals surface area contributed by atoms with Crippen LogP contribution in [0.25, 0.3) is 0 Å². The van der Waals surface area contributed by atoms with Crippen LogP contribution < -0.4 is 5.73 Å². The Hall–Kier alpha value is -0.870. The lowest BCUT2D eigenvalue weighted by Gasteiger charge is -2.19. The molecule has 14 heavy (non-hydrogen) atoms. The molecule has 0 spiro atoms. The Morgan fingerprint density at radius 1 is 1.57 bits per heavy atom. The minimum Gasteiger partial charge on any atom is -0.441 e. The van der Waals surface area contributed by atoms with E-state index in [-0.39, 0.29) is 12.1 Å². The van der Waals surface area contributed by atoms with Gasteiger partial charge in [0.1, 0.15) is 11.9 Å². The summed E-state index contributed by atoms with van der Waals surface area (Å²) in [5, 5.41) is 0. The van der Waals surface area contributed by atoms with Crippen LogP contribution in [0.5, 0.6) is 0 Å². The van der Waals surface area contributed by atoms with E-state index in [4.69, 9.17) is 14.9 Å². The largest absolute Gasteiger partial charge is 0.441 e. The molecule has 2 atom stereocenters. The minimum absolute atomic E-state index is 0.0382. The number of rotatable bonds is 2. The van der Waals surface area contributed by atoms with E-state index in [9.17, 15) is 0 Å².